The maximum Gasteiger partial charge on any atom is 0.0142 e. The van der Waals surface area contributed by atoms with E-state index in [9.17, 15) is 0 Å². The summed E-state index contributed by atoms with van der Waals surface area (Å²) in [7, 11) is 0. The van der Waals surface area contributed by atoms with E-state index < -0.39 is 0 Å². The minimum Gasteiger partial charge on any atom is -0.0683 e. The molecule has 164 valence electrons. The second kappa shape index (κ2) is 7.20. The molecule has 5 rings (SSSR count). The Balaban J connectivity index is 1.66. The molecule has 0 radical (unpaired) electrons. The van der Waals surface area contributed by atoms with Gasteiger partial charge in [-0.2, -0.15) is 0 Å². The van der Waals surface area contributed by atoms with Crippen LogP contribution in [0, 0.1) is 0 Å². The Hall–Kier alpha value is -2.60. The Morgan fingerprint density at radius 3 is 1.84 bits per heavy atom. The Morgan fingerprint density at radius 1 is 0.750 bits per heavy atom. The molecule has 0 nitrogen and oxygen atoms in total. The molecular formula is C32H36. The maximum absolute atomic E-state index is 2.47. The zero-order valence-corrected chi connectivity index (χ0v) is 20.8. The monoisotopic (exact) mass is 420 g/mol. The van der Waals surface area contributed by atoms with E-state index in [0.29, 0.717) is 5.92 Å². The quantitative estimate of drug-likeness (QED) is 0.389. The third-order valence-electron chi connectivity index (χ3n) is 7.45. The zero-order valence-electron chi connectivity index (χ0n) is 20.8. The number of fused-ring (bicyclic) bond motifs is 4. The van der Waals surface area contributed by atoms with Crippen molar-refractivity contribution in [2.24, 2.45) is 0 Å². The molecule has 0 bridgehead atoms. The third kappa shape index (κ3) is 3.54. The summed E-state index contributed by atoms with van der Waals surface area (Å²) >= 11 is 0. The van der Waals surface area contributed by atoms with Crippen molar-refractivity contribution >= 4 is 6.08 Å². The first-order chi connectivity index (χ1) is 15.0. The van der Waals surface area contributed by atoms with Crippen LogP contribution in [0.4, 0.5) is 0 Å². The van der Waals surface area contributed by atoms with E-state index in [1.54, 1.807) is 0 Å². The standard InChI is InChI=1S/C32H36/c1-20-15-21-9-8-10-22(27(21)16-20)17-28-25-13-11-23(31(2,3)4)18-29(25)30-19-24(32(5,6)7)12-14-26(28)30/h8-14,16,18-19,28H,15,17H2,1-7H3. The summed E-state index contributed by atoms with van der Waals surface area (Å²) in [5.74, 6) is 0.420. The molecule has 2 aliphatic carbocycles. The van der Waals surface area contributed by atoms with Gasteiger partial charge in [-0.25, -0.2) is 0 Å². The summed E-state index contributed by atoms with van der Waals surface area (Å²) in [6.07, 6.45) is 4.58. The summed E-state index contributed by atoms with van der Waals surface area (Å²) in [5, 5.41) is 0. The molecule has 3 aromatic carbocycles. The number of benzene rings is 3. The van der Waals surface area contributed by atoms with Gasteiger partial charge in [-0.1, -0.05) is 108 Å². The molecule has 0 heteroatoms. The van der Waals surface area contributed by atoms with Gasteiger partial charge in [0.15, 0.2) is 0 Å². The summed E-state index contributed by atoms with van der Waals surface area (Å²) in [6.45, 7) is 16.1. The normalized spacial score (nSPS) is 15.4. The first-order valence-corrected chi connectivity index (χ1v) is 12.1. The maximum atomic E-state index is 2.47. The molecule has 3 aromatic rings. The molecule has 0 atom stereocenters. The highest BCUT2D eigenvalue weighted by Gasteiger charge is 2.32. The topological polar surface area (TPSA) is 0 Å². The Morgan fingerprint density at radius 2 is 1.31 bits per heavy atom. The second-order valence-electron chi connectivity index (χ2n) is 12.0. The molecule has 0 spiro atoms. The lowest BCUT2D eigenvalue weighted by molar-refractivity contribution is 0.589. The van der Waals surface area contributed by atoms with Crippen molar-refractivity contribution < 1.29 is 0 Å². The number of rotatable bonds is 2. The molecule has 0 aromatic heterocycles. The fraction of sp³-hybridized carbons (Fsp3) is 0.375. The van der Waals surface area contributed by atoms with Gasteiger partial charge >= 0.3 is 0 Å². The Bertz CT molecular complexity index is 1170. The summed E-state index contributed by atoms with van der Waals surface area (Å²) in [5.41, 5.74) is 15.0. The molecular weight excluding hydrogens is 384 g/mol. The summed E-state index contributed by atoms with van der Waals surface area (Å²) in [4.78, 5) is 0. The van der Waals surface area contributed by atoms with E-state index >= 15 is 0 Å². The molecule has 0 saturated heterocycles. The van der Waals surface area contributed by atoms with Crippen molar-refractivity contribution in [2.45, 2.75) is 78.1 Å². The summed E-state index contributed by atoms with van der Waals surface area (Å²) < 4.78 is 0. The Kier molecular flexibility index (Phi) is 4.79. The average molecular weight is 421 g/mol. The fourth-order valence-electron chi connectivity index (χ4n) is 5.51. The second-order valence-corrected chi connectivity index (χ2v) is 12.0. The molecule has 0 unspecified atom stereocenters. The highest BCUT2D eigenvalue weighted by Crippen LogP contribution is 2.49. The van der Waals surface area contributed by atoms with E-state index in [2.05, 4.69) is 109 Å². The third-order valence-corrected chi connectivity index (χ3v) is 7.45. The molecule has 0 saturated carbocycles. The van der Waals surface area contributed by atoms with Gasteiger partial charge in [-0.3, -0.25) is 0 Å². The van der Waals surface area contributed by atoms with E-state index in [0.717, 1.165) is 12.8 Å². The average Bonchev–Trinajstić information content (AvgIpc) is 3.24. The minimum atomic E-state index is 0.150. The van der Waals surface area contributed by atoms with Crippen molar-refractivity contribution in [3.8, 4) is 11.1 Å². The van der Waals surface area contributed by atoms with Gasteiger partial charge in [0.05, 0.1) is 0 Å². The smallest absolute Gasteiger partial charge is 0.0142 e. The van der Waals surface area contributed by atoms with E-state index in [-0.39, 0.29) is 10.8 Å². The van der Waals surface area contributed by atoms with Crippen LogP contribution < -0.4 is 0 Å². The van der Waals surface area contributed by atoms with Gasteiger partial charge in [0.25, 0.3) is 0 Å². The molecule has 0 aliphatic heterocycles. The summed E-state index contributed by atoms with van der Waals surface area (Å²) in [6, 6.07) is 21.4. The van der Waals surface area contributed by atoms with E-state index in [1.807, 2.05) is 0 Å². The van der Waals surface area contributed by atoms with Crippen LogP contribution in [0.15, 0.2) is 60.2 Å². The van der Waals surface area contributed by atoms with Gasteiger partial charge in [0.2, 0.25) is 0 Å². The van der Waals surface area contributed by atoms with Gasteiger partial charge in [0.1, 0.15) is 0 Å². The highest BCUT2D eigenvalue weighted by molar-refractivity contribution is 5.81. The van der Waals surface area contributed by atoms with E-state index in [4.69, 9.17) is 0 Å². The van der Waals surface area contributed by atoms with Gasteiger partial charge in [-0.15, -0.1) is 0 Å². The van der Waals surface area contributed by atoms with Crippen LogP contribution in [-0.2, 0) is 23.7 Å². The lowest BCUT2D eigenvalue weighted by Gasteiger charge is -2.21. The van der Waals surface area contributed by atoms with Crippen LogP contribution >= 0.6 is 0 Å². The van der Waals surface area contributed by atoms with Crippen molar-refractivity contribution in [1.29, 1.82) is 0 Å². The van der Waals surface area contributed by atoms with Gasteiger partial charge < -0.3 is 0 Å². The minimum absolute atomic E-state index is 0.150. The largest absolute Gasteiger partial charge is 0.0683 e. The number of allylic oxidation sites excluding steroid dienone is 1. The van der Waals surface area contributed by atoms with Crippen molar-refractivity contribution in [3.63, 3.8) is 0 Å². The lowest BCUT2D eigenvalue weighted by atomic mass is 9.83. The van der Waals surface area contributed by atoms with Crippen LogP contribution in [0.3, 0.4) is 0 Å². The number of hydrogen-bond acceptors (Lipinski definition) is 0. The zero-order chi connectivity index (χ0) is 22.8. The highest BCUT2D eigenvalue weighted by atomic mass is 14.4. The first-order valence-electron chi connectivity index (χ1n) is 12.1. The van der Waals surface area contributed by atoms with Crippen LogP contribution in [-0.4, -0.2) is 0 Å². The predicted molar refractivity (Wildman–Crippen MR) is 139 cm³/mol. The van der Waals surface area contributed by atoms with Gasteiger partial charge in [-0.05, 0) is 80.7 Å². The van der Waals surface area contributed by atoms with Crippen LogP contribution in [0.25, 0.3) is 17.2 Å². The SMILES string of the molecule is CC1=Cc2c(cccc2CC2c3ccc(C(C)(C)C)cc3-c3cc(C(C)(C)C)ccc32)C1. The lowest BCUT2D eigenvalue weighted by Crippen LogP contribution is -2.11. The molecule has 0 N–H and O–H groups in total. The predicted octanol–water partition coefficient (Wildman–Crippen LogP) is 8.60. The van der Waals surface area contributed by atoms with Crippen LogP contribution in [0.2, 0.25) is 0 Å². The van der Waals surface area contributed by atoms with Crippen molar-refractivity contribution in [2.75, 3.05) is 0 Å². The van der Waals surface area contributed by atoms with Gasteiger partial charge in [0, 0.05) is 5.92 Å². The molecule has 32 heavy (non-hydrogen) atoms. The number of hydrogen-bond donors (Lipinski definition) is 0. The molecule has 0 heterocycles. The van der Waals surface area contributed by atoms with Crippen LogP contribution in [0.1, 0.15) is 93.3 Å². The molecule has 2 aliphatic rings. The van der Waals surface area contributed by atoms with Crippen molar-refractivity contribution in [1.82, 2.24) is 0 Å². The Labute approximate surface area is 194 Å². The van der Waals surface area contributed by atoms with Crippen molar-refractivity contribution in [3.05, 3.63) is 99.1 Å². The fourth-order valence-corrected chi connectivity index (χ4v) is 5.51. The molecule has 0 amide bonds. The molecule has 0 fully saturated rings. The van der Waals surface area contributed by atoms with Crippen LogP contribution in [0.5, 0.6) is 0 Å². The van der Waals surface area contributed by atoms with E-state index in [1.165, 1.54) is 55.6 Å². The first kappa shape index (κ1) is 21.3.